The molecule has 4 aliphatic rings. The zero-order valence-electron chi connectivity index (χ0n) is 25.5. The molecule has 1 aromatic carbocycles. The average Bonchev–Trinajstić information content (AvgIpc) is 3.72. The van der Waals surface area contributed by atoms with Crippen molar-refractivity contribution in [2.24, 2.45) is 0 Å². The minimum atomic E-state index is -0.635. The van der Waals surface area contributed by atoms with Crippen molar-refractivity contribution in [2.45, 2.75) is 63.6 Å². The molecule has 43 heavy (non-hydrogen) atoms. The van der Waals surface area contributed by atoms with Gasteiger partial charge in [-0.05, 0) is 38.4 Å². The predicted octanol–water partition coefficient (Wildman–Crippen LogP) is 2.00. The van der Waals surface area contributed by atoms with Crippen LogP contribution in [0.3, 0.4) is 0 Å². The lowest BCUT2D eigenvalue weighted by Gasteiger charge is -2.43. The SMILES string of the molecule is CCC1C(=O)N(C)c2cnc(Nc3ccc(C(=O)NC[C@@H](O)CN4CCN(C)CC4)c4c3OCC4)nc2N1C1CCCC1. The number of benzene rings is 1. The summed E-state index contributed by atoms with van der Waals surface area (Å²) in [4.78, 5) is 44.3. The molecule has 2 aromatic rings. The summed E-state index contributed by atoms with van der Waals surface area (Å²) in [6.07, 6.45) is 6.83. The fraction of sp³-hybridized carbons (Fsp3) is 0.613. The first-order valence-corrected chi connectivity index (χ1v) is 15.7. The number of ether oxygens (including phenoxy) is 1. The van der Waals surface area contributed by atoms with Crippen LogP contribution >= 0.6 is 0 Å². The summed E-state index contributed by atoms with van der Waals surface area (Å²) in [5, 5.41) is 16.8. The number of carbonyl (C=O) groups excluding carboxylic acids is 2. The standard InChI is InChI=1S/C31H44N8O4/c1-4-25-30(42)37(3)26-18-33-31(35-28(26)39(25)20-7-5-6-8-20)34-24-10-9-23(22-11-16-43-27(22)24)29(41)32-17-21(40)19-38-14-12-36(2)13-15-38/h9-10,18,20-21,25,40H,4-8,11-17,19H2,1-3H3,(H,32,41)(H,33,34,35)/t21-,25?/m1/s1. The average molecular weight is 593 g/mol. The van der Waals surface area contributed by atoms with Gasteiger partial charge in [0, 0.05) is 69.9 Å². The molecule has 1 saturated heterocycles. The smallest absolute Gasteiger partial charge is 0.251 e. The summed E-state index contributed by atoms with van der Waals surface area (Å²) in [6.45, 7) is 7.07. The fourth-order valence-electron chi connectivity index (χ4n) is 6.87. The molecule has 1 aromatic heterocycles. The quantitative estimate of drug-likeness (QED) is 0.398. The summed E-state index contributed by atoms with van der Waals surface area (Å²) >= 11 is 0. The van der Waals surface area contributed by atoms with E-state index in [9.17, 15) is 14.7 Å². The Kier molecular flexibility index (Phi) is 8.69. The maximum Gasteiger partial charge on any atom is 0.251 e. The van der Waals surface area contributed by atoms with Crippen LogP contribution in [-0.4, -0.2) is 115 Å². The lowest BCUT2D eigenvalue weighted by molar-refractivity contribution is -0.120. The Labute approximate surface area is 253 Å². The number of carbonyl (C=O) groups is 2. The number of fused-ring (bicyclic) bond motifs is 2. The van der Waals surface area contributed by atoms with Crippen molar-refractivity contribution in [3.8, 4) is 5.75 Å². The maximum absolute atomic E-state index is 13.2. The fourth-order valence-corrected chi connectivity index (χ4v) is 6.87. The second-order valence-corrected chi connectivity index (χ2v) is 12.2. The third-order valence-corrected chi connectivity index (χ3v) is 9.33. The Morgan fingerprint density at radius 3 is 2.67 bits per heavy atom. The van der Waals surface area contributed by atoms with Crippen molar-refractivity contribution >= 4 is 35.0 Å². The first-order chi connectivity index (χ1) is 20.8. The molecule has 1 aliphatic carbocycles. The van der Waals surface area contributed by atoms with Crippen LogP contribution in [-0.2, 0) is 11.2 Å². The van der Waals surface area contributed by atoms with Gasteiger partial charge in [-0.1, -0.05) is 19.8 Å². The molecule has 2 fully saturated rings. The van der Waals surface area contributed by atoms with E-state index in [4.69, 9.17) is 9.72 Å². The number of β-amino-alcohol motifs (C(OH)–C–C–N with tert-alkyl or cyclic N) is 1. The minimum Gasteiger partial charge on any atom is -0.491 e. The van der Waals surface area contributed by atoms with Gasteiger partial charge >= 0.3 is 0 Å². The summed E-state index contributed by atoms with van der Waals surface area (Å²) in [5.41, 5.74) is 2.79. The van der Waals surface area contributed by atoms with Crippen LogP contribution in [0.4, 0.5) is 23.1 Å². The summed E-state index contributed by atoms with van der Waals surface area (Å²) in [5.74, 6) is 1.68. The highest BCUT2D eigenvalue weighted by Crippen LogP contribution is 2.41. The lowest BCUT2D eigenvalue weighted by atomic mass is 10.0. The molecule has 6 rings (SSSR count). The number of likely N-dealkylation sites (N-methyl/N-ethyl adjacent to an activating group) is 2. The number of aliphatic hydroxyl groups is 1. The van der Waals surface area contributed by atoms with Crippen LogP contribution in [0, 0.1) is 0 Å². The van der Waals surface area contributed by atoms with Crippen LogP contribution in [0.15, 0.2) is 18.3 Å². The highest BCUT2D eigenvalue weighted by atomic mass is 16.5. The van der Waals surface area contributed by atoms with E-state index in [1.807, 2.05) is 6.07 Å². The summed E-state index contributed by atoms with van der Waals surface area (Å²) < 4.78 is 5.99. The van der Waals surface area contributed by atoms with Crippen molar-refractivity contribution in [1.29, 1.82) is 0 Å². The van der Waals surface area contributed by atoms with Crippen molar-refractivity contribution in [2.75, 3.05) is 75.1 Å². The molecule has 0 spiro atoms. The zero-order valence-corrected chi connectivity index (χ0v) is 25.5. The van der Waals surface area contributed by atoms with Gasteiger partial charge in [0.2, 0.25) is 11.9 Å². The number of nitrogens with zero attached hydrogens (tertiary/aromatic N) is 6. The van der Waals surface area contributed by atoms with E-state index in [1.165, 1.54) is 0 Å². The van der Waals surface area contributed by atoms with Gasteiger partial charge in [0.05, 0.1) is 24.6 Å². The van der Waals surface area contributed by atoms with Gasteiger partial charge in [-0.15, -0.1) is 0 Å². The second kappa shape index (κ2) is 12.6. The first-order valence-electron chi connectivity index (χ1n) is 15.7. The van der Waals surface area contributed by atoms with E-state index in [2.05, 4.69) is 44.3 Å². The molecule has 1 saturated carbocycles. The van der Waals surface area contributed by atoms with Crippen LogP contribution < -0.4 is 25.2 Å². The van der Waals surface area contributed by atoms with Gasteiger partial charge < -0.3 is 35.2 Å². The maximum atomic E-state index is 13.2. The lowest BCUT2D eigenvalue weighted by Crippen LogP contribution is -2.55. The third kappa shape index (κ3) is 6.00. The number of piperazine rings is 1. The molecule has 1 unspecified atom stereocenters. The van der Waals surface area contributed by atoms with Crippen LogP contribution in [0.5, 0.6) is 5.75 Å². The predicted molar refractivity (Wildman–Crippen MR) is 165 cm³/mol. The summed E-state index contributed by atoms with van der Waals surface area (Å²) in [7, 11) is 3.90. The van der Waals surface area contributed by atoms with E-state index >= 15 is 0 Å². The van der Waals surface area contributed by atoms with Crippen LogP contribution in [0.25, 0.3) is 0 Å². The minimum absolute atomic E-state index is 0.0816. The van der Waals surface area contributed by atoms with Gasteiger partial charge in [0.1, 0.15) is 17.5 Å². The molecule has 2 atom stereocenters. The van der Waals surface area contributed by atoms with Crippen molar-refractivity contribution in [3.05, 3.63) is 29.5 Å². The molecule has 0 radical (unpaired) electrons. The molecule has 2 amide bonds. The third-order valence-electron chi connectivity index (χ3n) is 9.33. The molecule has 3 N–H and O–H groups in total. The van der Waals surface area contributed by atoms with Crippen LogP contribution in [0.1, 0.15) is 54.9 Å². The van der Waals surface area contributed by atoms with Gasteiger partial charge in [0.25, 0.3) is 5.91 Å². The van der Waals surface area contributed by atoms with E-state index in [0.717, 1.165) is 68.9 Å². The second-order valence-electron chi connectivity index (χ2n) is 12.2. The number of nitrogens with one attached hydrogen (secondary N) is 2. The van der Waals surface area contributed by atoms with Crippen LogP contribution in [0.2, 0.25) is 0 Å². The Balaban J connectivity index is 1.17. The molecule has 232 valence electrons. The van der Waals surface area contributed by atoms with Gasteiger partial charge in [-0.25, -0.2) is 4.98 Å². The van der Waals surface area contributed by atoms with E-state index in [1.54, 1.807) is 24.2 Å². The van der Waals surface area contributed by atoms with Gasteiger partial charge in [-0.2, -0.15) is 4.98 Å². The number of rotatable bonds is 9. The zero-order chi connectivity index (χ0) is 30.1. The van der Waals surface area contributed by atoms with Crippen molar-refractivity contribution in [1.82, 2.24) is 25.1 Å². The normalized spacial score (nSPS) is 21.9. The Bertz CT molecular complexity index is 1340. The van der Waals surface area contributed by atoms with E-state index < -0.39 is 6.10 Å². The van der Waals surface area contributed by atoms with Gasteiger partial charge in [0.15, 0.2) is 5.82 Å². The Morgan fingerprint density at radius 2 is 1.93 bits per heavy atom. The molecular formula is C31H44N8O4. The highest BCUT2D eigenvalue weighted by Gasteiger charge is 2.41. The van der Waals surface area contributed by atoms with E-state index in [-0.39, 0.29) is 30.4 Å². The molecule has 12 nitrogen and oxygen atoms in total. The van der Waals surface area contributed by atoms with Crippen molar-refractivity contribution < 1.29 is 19.4 Å². The number of aromatic nitrogens is 2. The number of amides is 2. The number of hydrogen-bond donors (Lipinski definition) is 3. The number of hydrogen-bond acceptors (Lipinski definition) is 10. The molecule has 0 bridgehead atoms. The largest absolute Gasteiger partial charge is 0.491 e. The summed E-state index contributed by atoms with van der Waals surface area (Å²) in [6, 6.07) is 3.66. The van der Waals surface area contributed by atoms with Gasteiger partial charge in [-0.3, -0.25) is 14.5 Å². The van der Waals surface area contributed by atoms with E-state index in [0.29, 0.717) is 48.9 Å². The first kappa shape index (κ1) is 29.6. The molecule has 12 heteroatoms. The topological polar surface area (TPSA) is 126 Å². The number of anilines is 4. The Hall–Kier alpha value is -3.48. The molecular weight excluding hydrogens is 548 g/mol. The highest BCUT2D eigenvalue weighted by molar-refractivity contribution is 6.04. The molecule has 4 heterocycles. The Morgan fingerprint density at radius 1 is 1.16 bits per heavy atom. The monoisotopic (exact) mass is 592 g/mol. The number of aliphatic hydroxyl groups excluding tert-OH is 1. The molecule has 3 aliphatic heterocycles. The van der Waals surface area contributed by atoms with Crippen molar-refractivity contribution in [3.63, 3.8) is 0 Å².